The summed E-state index contributed by atoms with van der Waals surface area (Å²) in [5, 5.41) is 0. The summed E-state index contributed by atoms with van der Waals surface area (Å²) >= 11 is 0. The summed E-state index contributed by atoms with van der Waals surface area (Å²) in [6.45, 7) is 3.14. The maximum atomic E-state index is 5.47. The van der Waals surface area contributed by atoms with Crippen LogP contribution in [-0.2, 0) is 27.3 Å². The van der Waals surface area contributed by atoms with Crippen molar-refractivity contribution in [1.29, 1.82) is 0 Å². The molecule has 0 aromatic heterocycles. The fraction of sp³-hybridized carbons (Fsp3) is 0.889. The Hall–Kier alpha value is 1.20. The van der Waals surface area contributed by atoms with Crippen LogP contribution in [0, 0.1) is 0 Å². The molecule has 0 rings (SSSR count). The van der Waals surface area contributed by atoms with Crippen molar-refractivity contribution in [3.05, 3.63) is 12.2 Å². The van der Waals surface area contributed by atoms with E-state index in [2.05, 4.69) is 19.1 Å². The Bertz CT molecular complexity index is 190. The molecule has 0 aromatic rings. The van der Waals surface area contributed by atoms with Crippen molar-refractivity contribution in [1.82, 2.24) is 0 Å². The molecule has 0 saturated carbocycles. The van der Waals surface area contributed by atoms with E-state index in [1.54, 1.807) is 0 Å². The molecule has 0 spiro atoms. The molecular formula is C18H37CdCl2N. The first kappa shape index (κ1) is 31.0. The van der Waals surface area contributed by atoms with Crippen molar-refractivity contribution >= 4 is 0 Å². The van der Waals surface area contributed by atoms with Gasteiger partial charge in [0.05, 0.1) is 0 Å². The molecule has 2 N–H and O–H groups in total. The molecule has 0 radical (unpaired) electrons. The predicted molar refractivity (Wildman–Crippen MR) is 88.5 cm³/mol. The van der Waals surface area contributed by atoms with Crippen LogP contribution >= 0.6 is 0 Å². The van der Waals surface area contributed by atoms with Gasteiger partial charge in [0.2, 0.25) is 0 Å². The third kappa shape index (κ3) is 29.2. The van der Waals surface area contributed by atoms with Crippen molar-refractivity contribution in [2.45, 2.75) is 96.8 Å². The fourth-order valence-electron chi connectivity index (χ4n) is 2.39. The third-order valence-electron chi connectivity index (χ3n) is 3.72. The molecule has 0 fully saturated rings. The topological polar surface area (TPSA) is 26.0 Å². The molecule has 0 amide bonds. The minimum Gasteiger partial charge on any atom is -1.00 e. The van der Waals surface area contributed by atoms with Crippen molar-refractivity contribution in [2.24, 2.45) is 5.73 Å². The van der Waals surface area contributed by atoms with E-state index in [0.29, 0.717) is 0 Å². The van der Waals surface area contributed by atoms with Gasteiger partial charge in [0.25, 0.3) is 0 Å². The summed E-state index contributed by atoms with van der Waals surface area (Å²) in [5.41, 5.74) is 5.47. The molecule has 22 heavy (non-hydrogen) atoms. The third-order valence-corrected chi connectivity index (χ3v) is 3.72. The van der Waals surface area contributed by atoms with Crippen molar-refractivity contribution in [3.63, 3.8) is 0 Å². The molecule has 0 aliphatic heterocycles. The predicted octanol–water partition coefficient (Wildman–Crippen LogP) is -0.0119. The summed E-state index contributed by atoms with van der Waals surface area (Å²) < 4.78 is 0. The van der Waals surface area contributed by atoms with Crippen LogP contribution in [-0.4, -0.2) is 6.54 Å². The molecular weight excluding hydrogens is 414 g/mol. The van der Waals surface area contributed by atoms with Crippen molar-refractivity contribution < 1.29 is 52.1 Å². The summed E-state index contributed by atoms with van der Waals surface area (Å²) in [7, 11) is 0. The first-order chi connectivity index (χ1) is 9.41. The molecule has 0 bridgehead atoms. The van der Waals surface area contributed by atoms with Crippen LogP contribution in [0.3, 0.4) is 0 Å². The zero-order valence-corrected chi connectivity index (χ0v) is 20.3. The molecule has 0 saturated heterocycles. The van der Waals surface area contributed by atoms with Crippen LogP contribution in [0.15, 0.2) is 12.2 Å². The Morgan fingerprint density at radius 3 is 1.36 bits per heavy atom. The largest absolute Gasteiger partial charge is 2.00 e. The van der Waals surface area contributed by atoms with Gasteiger partial charge in [0.15, 0.2) is 0 Å². The monoisotopic (exact) mass is 451 g/mol. The van der Waals surface area contributed by atoms with E-state index in [9.17, 15) is 0 Å². The van der Waals surface area contributed by atoms with E-state index in [1.807, 2.05) is 0 Å². The summed E-state index contributed by atoms with van der Waals surface area (Å²) in [4.78, 5) is 0. The van der Waals surface area contributed by atoms with Crippen LogP contribution in [0.25, 0.3) is 0 Å². The Balaban J connectivity index is -0.000000540. The molecule has 0 atom stereocenters. The first-order valence-electron chi connectivity index (χ1n) is 8.77. The second kappa shape index (κ2) is 30.1. The van der Waals surface area contributed by atoms with Gasteiger partial charge in [0.1, 0.15) is 0 Å². The van der Waals surface area contributed by atoms with Crippen molar-refractivity contribution in [3.8, 4) is 0 Å². The van der Waals surface area contributed by atoms with Crippen LogP contribution in [0.5, 0.6) is 0 Å². The molecule has 0 unspecified atom stereocenters. The number of rotatable bonds is 15. The summed E-state index contributed by atoms with van der Waals surface area (Å²) in [6, 6.07) is 0. The van der Waals surface area contributed by atoms with Gasteiger partial charge in [-0.25, -0.2) is 0 Å². The Kier molecular flexibility index (Phi) is 42.5. The maximum absolute atomic E-state index is 5.47. The molecule has 0 heterocycles. The van der Waals surface area contributed by atoms with Crippen LogP contribution < -0.4 is 30.5 Å². The van der Waals surface area contributed by atoms with E-state index in [4.69, 9.17) is 5.73 Å². The van der Waals surface area contributed by atoms with Crippen LogP contribution in [0.1, 0.15) is 96.8 Å². The normalized spacial score (nSPS) is 9.91. The van der Waals surface area contributed by atoms with E-state index >= 15 is 0 Å². The smallest absolute Gasteiger partial charge is 1.00 e. The number of halogens is 2. The second-order valence-corrected chi connectivity index (χ2v) is 5.73. The standard InChI is InChI=1S/C18H37N.Cd.2ClH/c1-2-3-4-5-6-7-8-9-10-11-12-13-14-15-16-17-18-19;;;/h9-10H,2-8,11-19H2,1H3;;2*1H/q;+2;;/p-2. The van der Waals surface area contributed by atoms with Gasteiger partial charge in [-0.2, -0.15) is 0 Å². The molecule has 0 aliphatic carbocycles. The first-order valence-corrected chi connectivity index (χ1v) is 8.77. The summed E-state index contributed by atoms with van der Waals surface area (Å²) in [6.07, 6.45) is 23.9. The van der Waals surface area contributed by atoms with E-state index < -0.39 is 0 Å². The van der Waals surface area contributed by atoms with E-state index in [1.165, 1.54) is 89.9 Å². The van der Waals surface area contributed by atoms with Gasteiger partial charge < -0.3 is 30.5 Å². The summed E-state index contributed by atoms with van der Waals surface area (Å²) in [5.74, 6) is 0. The minimum absolute atomic E-state index is 0. The quantitative estimate of drug-likeness (QED) is 0.212. The Morgan fingerprint density at radius 2 is 0.955 bits per heavy atom. The SMILES string of the molecule is CCCCCCCCC=CCCCCCCCCN.[Cd+2].[Cl-].[Cl-]. The van der Waals surface area contributed by atoms with Gasteiger partial charge in [-0.05, 0) is 38.6 Å². The average molecular weight is 451 g/mol. The number of unbranched alkanes of at least 4 members (excludes halogenated alkanes) is 12. The Morgan fingerprint density at radius 1 is 0.591 bits per heavy atom. The minimum atomic E-state index is 0. The van der Waals surface area contributed by atoms with Gasteiger partial charge in [-0.15, -0.1) is 0 Å². The zero-order valence-electron chi connectivity index (χ0n) is 14.8. The molecule has 130 valence electrons. The molecule has 1 nitrogen and oxygen atoms in total. The van der Waals surface area contributed by atoms with Gasteiger partial charge in [-0.3, -0.25) is 0 Å². The molecule has 0 aromatic carbocycles. The Labute approximate surface area is 172 Å². The van der Waals surface area contributed by atoms with Gasteiger partial charge in [0, 0.05) is 0 Å². The second-order valence-electron chi connectivity index (χ2n) is 5.73. The maximum Gasteiger partial charge on any atom is 2.00 e. The van der Waals surface area contributed by atoms with E-state index in [0.717, 1.165) is 6.54 Å². The molecule has 4 heteroatoms. The zero-order chi connectivity index (χ0) is 14.0. The average Bonchev–Trinajstić information content (AvgIpc) is 2.43. The molecule has 0 aliphatic rings. The van der Waals surface area contributed by atoms with Crippen LogP contribution in [0.2, 0.25) is 0 Å². The van der Waals surface area contributed by atoms with Crippen LogP contribution in [0.4, 0.5) is 0 Å². The van der Waals surface area contributed by atoms with Gasteiger partial charge >= 0.3 is 27.3 Å². The number of hydrogen-bond donors (Lipinski definition) is 1. The number of hydrogen-bond acceptors (Lipinski definition) is 1. The number of allylic oxidation sites excluding steroid dienone is 2. The fourth-order valence-corrected chi connectivity index (χ4v) is 2.39. The van der Waals surface area contributed by atoms with Crippen molar-refractivity contribution in [2.75, 3.05) is 6.54 Å². The number of nitrogens with two attached hydrogens (primary N) is 1. The van der Waals surface area contributed by atoms with Gasteiger partial charge in [-0.1, -0.05) is 76.9 Å². The van der Waals surface area contributed by atoms with E-state index in [-0.39, 0.29) is 52.1 Å².